The van der Waals surface area contributed by atoms with E-state index in [1.807, 2.05) is 0 Å². The molecule has 1 saturated carbocycles. The third-order valence-corrected chi connectivity index (χ3v) is 5.39. The number of rotatable bonds is 2. The van der Waals surface area contributed by atoms with E-state index in [0.717, 1.165) is 37.2 Å². The fraction of sp³-hybridized carbons (Fsp3) is 0.700. The van der Waals surface area contributed by atoms with Gasteiger partial charge < -0.3 is 5.11 Å². The van der Waals surface area contributed by atoms with Crippen LogP contribution < -0.4 is 0 Å². The second kappa shape index (κ2) is 6.12. The minimum absolute atomic E-state index is 0.354. The Bertz CT molecular complexity index is 452. The number of hydrogen-bond donors (Lipinski definition) is 1. The highest BCUT2D eigenvalue weighted by atomic mass is 16.3. The first-order valence-corrected chi connectivity index (χ1v) is 8.55. The predicted octanol–water partition coefficient (Wildman–Crippen LogP) is 5.62. The molecular formula is C20H32O. The lowest BCUT2D eigenvalue weighted by molar-refractivity contribution is 0.0179. The molecule has 2 rings (SSSR count). The maximum Gasteiger partial charge on any atom is 0.0896 e. The fourth-order valence-electron chi connectivity index (χ4n) is 3.66. The first kappa shape index (κ1) is 16.5. The van der Waals surface area contributed by atoms with Crippen LogP contribution in [0.3, 0.4) is 0 Å². The maximum atomic E-state index is 11.1. The molecule has 0 bridgehead atoms. The molecule has 21 heavy (non-hydrogen) atoms. The molecule has 118 valence electrons. The predicted molar refractivity (Wildman–Crippen MR) is 90.5 cm³/mol. The molecule has 0 spiro atoms. The summed E-state index contributed by atoms with van der Waals surface area (Å²) in [5, 5.41) is 11.1. The summed E-state index contributed by atoms with van der Waals surface area (Å²) in [6.07, 6.45) is 5.31. The van der Waals surface area contributed by atoms with E-state index in [2.05, 4.69) is 58.9 Å². The number of hydrogen-bond acceptors (Lipinski definition) is 1. The van der Waals surface area contributed by atoms with Crippen molar-refractivity contribution in [2.75, 3.05) is 0 Å². The van der Waals surface area contributed by atoms with Crippen LogP contribution in [0.15, 0.2) is 24.3 Å². The molecule has 0 radical (unpaired) electrons. The van der Waals surface area contributed by atoms with Crippen molar-refractivity contribution in [2.45, 2.75) is 78.2 Å². The van der Waals surface area contributed by atoms with Gasteiger partial charge in [-0.05, 0) is 60.5 Å². The summed E-state index contributed by atoms with van der Waals surface area (Å²) >= 11 is 0. The lowest BCUT2D eigenvalue weighted by Gasteiger charge is -2.31. The molecule has 1 aliphatic carbocycles. The average Bonchev–Trinajstić information content (AvgIpc) is 2.61. The summed E-state index contributed by atoms with van der Waals surface area (Å²) in [6.45, 7) is 11.4. The second-order valence-corrected chi connectivity index (χ2v) is 8.30. The molecule has 2 unspecified atom stereocenters. The van der Waals surface area contributed by atoms with Crippen molar-refractivity contribution < 1.29 is 5.11 Å². The van der Waals surface area contributed by atoms with E-state index < -0.39 is 5.60 Å². The lowest BCUT2D eigenvalue weighted by atomic mass is 9.76. The molecule has 1 N–H and O–H groups in total. The highest BCUT2D eigenvalue weighted by molar-refractivity contribution is 5.29. The number of aliphatic hydroxyl groups is 1. The molecule has 0 amide bonds. The maximum absolute atomic E-state index is 11.1. The molecule has 1 aromatic rings. The van der Waals surface area contributed by atoms with Crippen molar-refractivity contribution in [2.24, 2.45) is 11.3 Å². The largest absolute Gasteiger partial charge is 0.385 e. The van der Waals surface area contributed by atoms with Gasteiger partial charge in [0.2, 0.25) is 0 Å². The van der Waals surface area contributed by atoms with Crippen molar-refractivity contribution in [3.8, 4) is 0 Å². The van der Waals surface area contributed by atoms with E-state index in [9.17, 15) is 5.11 Å². The van der Waals surface area contributed by atoms with Crippen LogP contribution in [0.1, 0.15) is 83.8 Å². The van der Waals surface area contributed by atoms with Crippen LogP contribution in [-0.4, -0.2) is 5.11 Å². The standard InChI is InChI=1S/C20H32O/c1-15(2)16-8-10-18(11-9-16)20(21)13-6-7-17(12-14-20)19(3,4)5/h8-11,15,17,21H,6-7,12-14H2,1-5H3. The second-order valence-electron chi connectivity index (χ2n) is 8.30. The van der Waals surface area contributed by atoms with E-state index in [-0.39, 0.29) is 0 Å². The van der Waals surface area contributed by atoms with Gasteiger partial charge in [-0.3, -0.25) is 0 Å². The Kier molecular flexibility index (Phi) is 4.82. The first-order valence-electron chi connectivity index (χ1n) is 8.55. The van der Waals surface area contributed by atoms with Crippen molar-refractivity contribution in [3.05, 3.63) is 35.4 Å². The molecule has 1 aliphatic rings. The highest BCUT2D eigenvalue weighted by Gasteiger charge is 2.35. The van der Waals surface area contributed by atoms with Crippen LogP contribution in [0.4, 0.5) is 0 Å². The third kappa shape index (κ3) is 3.88. The fourth-order valence-corrected chi connectivity index (χ4v) is 3.66. The van der Waals surface area contributed by atoms with Gasteiger partial charge in [0, 0.05) is 0 Å². The monoisotopic (exact) mass is 288 g/mol. The van der Waals surface area contributed by atoms with E-state index >= 15 is 0 Å². The minimum Gasteiger partial charge on any atom is -0.385 e. The van der Waals surface area contributed by atoms with Gasteiger partial charge in [0.05, 0.1) is 5.60 Å². The lowest BCUT2D eigenvalue weighted by Crippen LogP contribution is -2.26. The van der Waals surface area contributed by atoms with Gasteiger partial charge in [-0.1, -0.05) is 58.9 Å². The quantitative estimate of drug-likeness (QED) is 0.700. The van der Waals surface area contributed by atoms with Crippen LogP contribution in [0.25, 0.3) is 0 Å². The molecule has 0 aliphatic heterocycles. The van der Waals surface area contributed by atoms with Crippen LogP contribution >= 0.6 is 0 Å². The van der Waals surface area contributed by atoms with Gasteiger partial charge in [-0.2, -0.15) is 0 Å². The Balaban J connectivity index is 2.15. The summed E-state index contributed by atoms with van der Waals surface area (Å²) in [4.78, 5) is 0. The summed E-state index contributed by atoms with van der Waals surface area (Å²) < 4.78 is 0. The van der Waals surface area contributed by atoms with Gasteiger partial charge in [-0.25, -0.2) is 0 Å². The molecule has 1 heteroatoms. The van der Waals surface area contributed by atoms with E-state index in [1.165, 1.54) is 12.0 Å². The van der Waals surface area contributed by atoms with Crippen molar-refractivity contribution in [1.82, 2.24) is 0 Å². The summed E-state index contributed by atoms with van der Waals surface area (Å²) in [5.41, 5.74) is 2.20. The van der Waals surface area contributed by atoms with E-state index in [0.29, 0.717) is 11.3 Å². The highest BCUT2D eigenvalue weighted by Crippen LogP contribution is 2.43. The average molecular weight is 288 g/mol. The Hall–Kier alpha value is -0.820. The molecule has 0 aromatic heterocycles. The van der Waals surface area contributed by atoms with E-state index in [1.54, 1.807) is 0 Å². The Morgan fingerprint density at radius 3 is 2.19 bits per heavy atom. The molecule has 1 aromatic carbocycles. The summed E-state index contributed by atoms with van der Waals surface area (Å²) in [7, 11) is 0. The van der Waals surface area contributed by atoms with Crippen molar-refractivity contribution in [3.63, 3.8) is 0 Å². The third-order valence-electron chi connectivity index (χ3n) is 5.39. The smallest absolute Gasteiger partial charge is 0.0896 e. The molecule has 2 atom stereocenters. The molecule has 1 fully saturated rings. The van der Waals surface area contributed by atoms with Crippen molar-refractivity contribution in [1.29, 1.82) is 0 Å². The Morgan fingerprint density at radius 1 is 1.05 bits per heavy atom. The minimum atomic E-state index is -0.616. The first-order chi connectivity index (χ1) is 9.72. The normalized spacial score (nSPS) is 27.7. The Labute approximate surface area is 130 Å². The Morgan fingerprint density at radius 2 is 1.67 bits per heavy atom. The molecule has 1 nitrogen and oxygen atoms in total. The van der Waals surface area contributed by atoms with Crippen LogP contribution in [0.5, 0.6) is 0 Å². The summed E-state index contributed by atoms with van der Waals surface area (Å²) in [6, 6.07) is 8.66. The van der Waals surface area contributed by atoms with Gasteiger partial charge >= 0.3 is 0 Å². The zero-order valence-corrected chi connectivity index (χ0v) is 14.4. The van der Waals surface area contributed by atoms with Gasteiger partial charge in [0.1, 0.15) is 0 Å². The topological polar surface area (TPSA) is 20.2 Å². The number of benzene rings is 1. The van der Waals surface area contributed by atoms with Crippen LogP contribution in [-0.2, 0) is 5.60 Å². The molecule has 0 heterocycles. The van der Waals surface area contributed by atoms with Crippen LogP contribution in [0, 0.1) is 11.3 Å². The SMILES string of the molecule is CC(C)c1ccc(C2(O)CCCC(C(C)(C)C)CC2)cc1. The van der Waals surface area contributed by atoms with Gasteiger partial charge in [0.25, 0.3) is 0 Å². The van der Waals surface area contributed by atoms with E-state index in [4.69, 9.17) is 0 Å². The molecular weight excluding hydrogens is 256 g/mol. The zero-order chi connectivity index (χ0) is 15.7. The van der Waals surface area contributed by atoms with Crippen molar-refractivity contribution >= 4 is 0 Å². The van der Waals surface area contributed by atoms with Gasteiger partial charge in [-0.15, -0.1) is 0 Å². The summed E-state index contributed by atoms with van der Waals surface area (Å²) in [5.74, 6) is 1.27. The zero-order valence-electron chi connectivity index (χ0n) is 14.4. The van der Waals surface area contributed by atoms with Crippen LogP contribution in [0.2, 0.25) is 0 Å². The molecule has 0 saturated heterocycles. The van der Waals surface area contributed by atoms with Gasteiger partial charge in [0.15, 0.2) is 0 Å².